The lowest BCUT2D eigenvalue weighted by Crippen LogP contribution is -2.22. The molecule has 0 aliphatic rings. The minimum absolute atomic E-state index is 0.257. The SMILES string of the molecule is O[C@@H](COCc1ccccc1)Cn1ccnc1-c1cnccn1. The molecule has 6 nitrogen and oxygen atoms in total. The Bertz CT molecular complexity index is 716. The van der Waals surface area contributed by atoms with Gasteiger partial charge in [-0.2, -0.15) is 0 Å². The van der Waals surface area contributed by atoms with Crippen molar-refractivity contribution in [3.05, 3.63) is 66.9 Å². The number of hydrogen-bond acceptors (Lipinski definition) is 5. The zero-order valence-electron chi connectivity index (χ0n) is 12.6. The van der Waals surface area contributed by atoms with Gasteiger partial charge >= 0.3 is 0 Å². The van der Waals surface area contributed by atoms with Crippen LogP contribution in [0.4, 0.5) is 0 Å². The Morgan fingerprint density at radius 2 is 1.96 bits per heavy atom. The highest BCUT2D eigenvalue weighted by molar-refractivity contribution is 5.47. The zero-order chi connectivity index (χ0) is 15.9. The predicted octanol–water partition coefficient (Wildman–Crippen LogP) is 1.92. The van der Waals surface area contributed by atoms with Crippen molar-refractivity contribution in [2.24, 2.45) is 0 Å². The Morgan fingerprint density at radius 1 is 1.09 bits per heavy atom. The molecule has 3 rings (SSSR count). The molecule has 1 N–H and O–H groups in total. The Morgan fingerprint density at radius 3 is 2.74 bits per heavy atom. The summed E-state index contributed by atoms with van der Waals surface area (Å²) in [4.78, 5) is 12.5. The van der Waals surface area contributed by atoms with Gasteiger partial charge in [-0.3, -0.25) is 4.98 Å². The lowest BCUT2D eigenvalue weighted by Gasteiger charge is -2.14. The highest BCUT2D eigenvalue weighted by Crippen LogP contribution is 2.13. The fourth-order valence-electron chi connectivity index (χ4n) is 2.27. The van der Waals surface area contributed by atoms with Crippen LogP contribution in [-0.4, -0.2) is 37.3 Å². The van der Waals surface area contributed by atoms with Crippen molar-refractivity contribution >= 4 is 0 Å². The number of benzene rings is 1. The van der Waals surface area contributed by atoms with Crippen LogP contribution < -0.4 is 0 Å². The Balaban J connectivity index is 1.54. The summed E-state index contributed by atoms with van der Waals surface area (Å²) in [6.07, 6.45) is 7.75. The molecule has 0 saturated carbocycles. The lowest BCUT2D eigenvalue weighted by atomic mass is 10.2. The maximum atomic E-state index is 10.2. The van der Waals surface area contributed by atoms with Crippen LogP contribution in [-0.2, 0) is 17.9 Å². The van der Waals surface area contributed by atoms with Gasteiger partial charge in [-0.15, -0.1) is 0 Å². The summed E-state index contributed by atoms with van der Waals surface area (Å²) in [5.74, 6) is 0.681. The van der Waals surface area contributed by atoms with Gasteiger partial charge < -0.3 is 14.4 Å². The van der Waals surface area contributed by atoms with E-state index in [2.05, 4.69) is 15.0 Å². The van der Waals surface area contributed by atoms with Crippen LogP contribution >= 0.6 is 0 Å². The van der Waals surface area contributed by atoms with Gasteiger partial charge in [0, 0.05) is 24.8 Å². The molecule has 0 aliphatic carbocycles. The molecule has 2 aromatic heterocycles. The third-order valence-electron chi connectivity index (χ3n) is 3.34. The van der Waals surface area contributed by atoms with Crippen molar-refractivity contribution in [3.8, 4) is 11.5 Å². The largest absolute Gasteiger partial charge is 0.389 e. The average Bonchev–Trinajstić information content (AvgIpc) is 3.05. The van der Waals surface area contributed by atoms with Gasteiger partial charge in [-0.1, -0.05) is 30.3 Å². The molecule has 0 spiro atoms. The Hall–Kier alpha value is -2.57. The van der Waals surface area contributed by atoms with E-state index in [0.29, 0.717) is 24.7 Å². The van der Waals surface area contributed by atoms with E-state index in [4.69, 9.17) is 4.74 Å². The second-order valence-corrected chi connectivity index (χ2v) is 5.15. The average molecular weight is 310 g/mol. The van der Waals surface area contributed by atoms with E-state index in [1.54, 1.807) is 24.8 Å². The smallest absolute Gasteiger partial charge is 0.160 e. The first-order valence-corrected chi connectivity index (χ1v) is 7.40. The molecule has 0 fully saturated rings. The normalized spacial score (nSPS) is 12.2. The first-order chi connectivity index (χ1) is 11.3. The molecule has 0 radical (unpaired) electrons. The van der Waals surface area contributed by atoms with Crippen molar-refractivity contribution < 1.29 is 9.84 Å². The van der Waals surface area contributed by atoms with Gasteiger partial charge in [0.25, 0.3) is 0 Å². The highest BCUT2D eigenvalue weighted by atomic mass is 16.5. The van der Waals surface area contributed by atoms with Gasteiger partial charge in [-0.25, -0.2) is 9.97 Å². The summed E-state index contributed by atoms with van der Waals surface area (Å²) in [5.41, 5.74) is 1.76. The van der Waals surface area contributed by atoms with E-state index in [-0.39, 0.29) is 6.61 Å². The molecule has 0 bridgehead atoms. The lowest BCUT2D eigenvalue weighted by molar-refractivity contribution is 0.0205. The predicted molar refractivity (Wildman–Crippen MR) is 85.4 cm³/mol. The topological polar surface area (TPSA) is 73.1 Å². The van der Waals surface area contributed by atoms with E-state index in [9.17, 15) is 5.11 Å². The summed E-state index contributed by atoms with van der Waals surface area (Å²) in [5, 5.41) is 10.2. The van der Waals surface area contributed by atoms with Gasteiger partial charge in [0.1, 0.15) is 5.69 Å². The fourth-order valence-corrected chi connectivity index (χ4v) is 2.27. The third kappa shape index (κ3) is 4.21. The van der Waals surface area contributed by atoms with Crippen LogP contribution in [0.3, 0.4) is 0 Å². The van der Waals surface area contributed by atoms with Gasteiger partial charge in [0.05, 0.1) is 32.1 Å². The van der Waals surface area contributed by atoms with E-state index in [0.717, 1.165) is 5.56 Å². The molecular weight excluding hydrogens is 292 g/mol. The number of aromatic nitrogens is 4. The first-order valence-electron chi connectivity index (χ1n) is 7.40. The molecular formula is C17H18N4O2. The van der Waals surface area contributed by atoms with Crippen LogP contribution in [0, 0.1) is 0 Å². The molecule has 118 valence electrons. The number of hydrogen-bond donors (Lipinski definition) is 1. The van der Waals surface area contributed by atoms with E-state index >= 15 is 0 Å². The van der Waals surface area contributed by atoms with Crippen LogP contribution in [0.25, 0.3) is 11.5 Å². The van der Waals surface area contributed by atoms with Crippen molar-refractivity contribution in [1.29, 1.82) is 0 Å². The van der Waals surface area contributed by atoms with Crippen LogP contribution in [0.15, 0.2) is 61.3 Å². The fraction of sp³-hybridized carbons (Fsp3) is 0.235. The van der Waals surface area contributed by atoms with E-state index in [1.807, 2.05) is 41.1 Å². The number of aliphatic hydroxyl groups excluding tert-OH is 1. The number of aliphatic hydroxyl groups is 1. The summed E-state index contributed by atoms with van der Waals surface area (Å²) in [6.45, 7) is 1.13. The van der Waals surface area contributed by atoms with Gasteiger partial charge in [-0.05, 0) is 5.56 Å². The maximum absolute atomic E-state index is 10.2. The highest BCUT2D eigenvalue weighted by Gasteiger charge is 2.11. The van der Waals surface area contributed by atoms with Crippen molar-refractivity contribution in [2.45, 2.75) is 19.3 Å². The quantitative estimate of drug-likeness (QED) is 0.722. The summed E-state index contributed by atoms with van der Waals surface area (Å²) < 4.78 is 7.41. The van der Waals surface area contributed by atoms with E-state index in [1.165, 1.54) is 0 Å². The Kier molecular flexibility index (Phi) is 5.08. The minimum atomic E-state index is -0.622. The number of rotatable bonds is 7. The summed E-state index contributed by atoms with van der Waals surface area (Å²) in [7, 11) is 0. The van der Waals surface area contributed by atoms with Crippen LogP contribution in [0.1, 0.15) is 5.56 Å². The summed E-state index contributed by atoms with van der Waals surface area (Å²) >= 11 is 0. The standard InChI is InChI=1S/C17H18N4O2/c22-15(13-23-12-14-4-2-1-3-5-14)11-21-9-8-20-17(21)16-10-18-6-7-19-16/h1-10,15,22H,11-13H2/t15-/m1/s1. The summed E-state index contributed by atoms with van der Waals surface area (Å²) in [6, 6.07) is 9.88. The molecule has 6 heteroatoms. The molecule has 23 heavy (non-hydrogen) atoms. The molecule has 3 aromatic rings. The second-order valence-electron chi connectivity index (χ2n) is 5.15. The molecule has 0 saturated heterocycles. The molecule has 1 aromatic carbocycles. The monoisotopic (exact) mass is 310 g/mol. The van der Waals surface area contributed by atoms with Crippen molar-refractivity contribution in [1.82, 2.24) is 19.5 Å². The van der Waals surface area contributed by atoms with Crippen molar-refractivity contribution in [3.63, 3.8) is 0 Å². The maximum Gasteiger partial charge on any atom is 0.160 e. The first kappa shape index (κ1) is 15.3. The second kappa shape index (κ2) is 7.62. The number of ether oxygens (including phenoxy) is 1. The molecule has 0 amide bonds. The number of imidazole rings is 1. The number of nitrogens with zero attached hydrogens (tertiary/aromatic N) is 4. The molecule has 2 heterocycles. The third-order valence-corrected chi connectivity index (χ3v) is 3.34. The zero-order valence-corrected chi connectivity index (χ0v) is 12.6. The molecule has 0 unspecified atom stereocenters. The van der Waals surface area contributed by atoms with E-state index < -0.39 is 6.10 Å². The van der Waals surface area contributed by atoms with Crippen molar-refractivity contribution in [2.75, 3.05) is 6.61 Å². The van der Waals surface area contributed by atoms with Crippen LogP contribution in [0.5, 0.6) is 0 Å². The van der Waals surface area contributed by atoms with Gasteiger partial charge in [0.2, 0.25) is 0 Å². The molecule has 1 atom stereocenters. The van der Waals surface area contributed by atoms with Crippen LogP contribution in [0.2, 0.25) is 0 Å². The Labute approximate surface area is 134 Å². The van der Waals surface area contributed by atoms with Gasteiger partial charge in [0.15, 0.2) is 5.82 Å². The minimum Gasteiger partial charge on any atom is -0.389 e. The molecule has 0 aliphatic heterocycles.